The maximum atomic E-state index is 14.1. The number of alkyl carbamates (subject to hydrolysis) is 1. The minimum atomic E-state index is -0.572. The molecule has 0 aliphatic carbocycles. The number of ketones is 1. The normalized spacial score (nSPS) is 11.2. The van der Waals surface area contributed by atoms with Crippen molar-refractivity contribution in [2.24, 2.45) is 0 Å². The van der Waals surface area contributed by atoms with Crippen molar-refractivity contribution in [1.29, 1.82) is 0 Å². The van der Waals surface area contributed by atoms with E-state index in [1.165, 1.54) is 0 Å². The molecule has 0 aliphatic heterocycles. The molecule has 0 saturated heterocycles. The first-order valence-electron chi connectivity index (χ1n) is 36.3. The summed E-state index contributed by atoms with van der Waals surface area (Å²) >= 11 is 0. The molecule has 0 unspecified atom stereocenters. The van der Waals surface area contributed by atoms with Crippen molar-refractivity contribution in [3.8, 4) is 16.9 Å². The van der Waals surface area contributed by atoms with Gasteiger partial charge in [-0.25, -0.2) is 14.8 Å². The van der Waals surface area contributed by atoms with Gasteiger partial charge in [0.05, 0.1) is 55.8 Å². The van der Waals surface area contributed by atoms with Crippen LogP contribution >= 0.6 is 0 Å². The SMILES string of the molecule is C.C.CCCCCC(=O)Nc1cccc(CN(Cc2cc(CN(Cc3ccccn3)Cc3cccc(NC(=O)CCCCC)n3)cc(OCCCCN(Cc3ccc(-c4ccccc4)cc3)C(=O)COCCOCCOCC(=O)CCc3ccc(CNC(=O)OC(C)(C)C)cc3)c2)Cc2ccccn2)n1. The zero-order chi connectivity index (χ0) is 72.7. The zero-order valence-electron chi connectivity index (χ0n) is 60.8. The van der Waals surface area contributed by atoms with Crippen molar-refractivity contribution in [1.82, 2.24) is 40.0 Å². The van der Waals surface area contributed by atoms with E-state index >= 15 is 0 Å². The van der Waals surface area contributed by atoms with E-state index < -0.39 is 11.7 Å². The van der Waals surface area contributed by atoms with Crippen molar-refractivity contribution in [2.75, 3.05) is 63.4 Å². The summed E-state index contributed by atoms with van der Waals surface area (Å²) in [6.07, 6.45) is 11.9. The van der Waals surface area contributed by atoms with E-state index in [4.69, 9.17) is 43.6 Å². The number of benzene rings is 4. The fraction of sp³-hybridized carbons (Fsp3) is 0.424. The topological polar surface area (TPSA) is 229 Å². The minimum Gasteiger partial charge on any atom is -0.494 e. The first-order valence-corrected chi connectivity index (χ1v) is 36.3. The molecular weight excluding hydrogens is 1320 g/mol. The number of anilines is 2. The number of ether oxygens (including phenoxy) is 5. The van der Waals surface area contributed by atoms with Gasteiger partial charge in [0.2, 0.25) is 17.7 Å². The number of hydrogen-bond acceptors (Lipinski definition) is 16. The van der Waals surface area contributed by atoms with Crippen molar-refractivity contribution in [2.45, 2.75) is 184 Å². The molecule has 0 atom stereocenters. The molecule has 3 N–H and O–H groups in total. The molecule has 4 aromatic carbocycles. The predicted octanol–water partition coefficient (Wildman–Crippen LogP) is 16.1. The molecule has 4 heterocycles. The lowest BCUT2D eigenvalue weighted by molar-refractivity contribution is -0.137. The highest BCUT2D eigenvalue weighted by molar-refractivity contribution is 5.90. The second-order valence-electron chi connectivity index (χ2n) is 26.8. The lowest BCUT2D eigenvalue weighted by atomic mass is 10.0. The van der Waals surface area contributed by atoms with Gasteiger partial charge in [-0.2, -0.15) is 0 Å². The Hall–Kier alpha value is -9.57. The van der Waals surface area contributed by atoms with Crippen LogP contribution in [0.5, 0.6) is 5.75 Å². The fourth-order valence-electron chi connectivity index (χ4n) is 11.5. The Labute approximate surface area is 623 Å². The smallest absolute Gasteiger partial charge is 0.407 e. The van der Waals surface area contributed by atoms with Gasteiger partial charge < -0.3 is 44.5 Å². The molecule has 4 aromatic heterocycles. The number of nitrogens with one attached hydrogen (secondary N) is 3. The maximum Gasteiger partial charge on any atom is 0.407 e. The van der Waals surface area contributed by atoms with Gasteiger partial charge in [0.15, 0.2) is 5.78 Å². The van der Waals surface area contributed by atoms with E-state index in [-0.39, 0.29) is 78.0 Å². The highest BCUT2D eigenvalue weighted by Gasteiger charge is 2.20. The number of amides is 4. The summed E-state index contributed by atoms with van der Waals surface area (Å²) in [5.41, 5.74) is 9.96. The number of rotatable bonds is 46. The molecule has 8 rings (SSSR count). The maximum absolute atomic E-state index is 14.1. The number of hydrogen-bond donors (Lipinski definition) is 3. The van der Waals surface area contributed by atoms with Crippen LogP contribution in [0, 0.1) is 0 Å². The zero-order valence-corrected chi connectivity index (χ0v) is 60.8. The summed E-state index contributed by atoms with van der Waals surface area (Å²) in [7, 11) is 0. The highest BCUT2D eigenvalue weighted by atomic mass is 16.6. The van der Waals surface area contributed by atoms with Crippen LogP contribution in [0.15, 0.2) is 182 Å². The van der Waals surface area contributed by atoms with E-state index in [0.29, 0.717) is 121 Å². The van der Waals surface area contributed by atoms with Crippen LogP contribution in [0.4, 0.5) is 16.4 Å². The Balaban J connectivity index is 0.00000864. The van der Waals surface area contributed by atoms with Crippen molar-refractivity contribution in [3.63, 3.8) is 0 Å². The van der Waals surface area contributed by atoms with Gasteiger partial charge in [-0.05, 0) is 152 Å². The molecule has 8 aromatic rings. The van der Waals surface area contributed by atoms with Gasteiger partial charge in [-0.1, -0.05) is 164 Å². The number of Topliss-reactive ketones (excluding diaryl/α,β-unsaturated/α-hetero) is 1. The van der Waals surface area contributed by atoms with Crippen molar-refractivity contribution < 1.29 is 47.7 Å². The molecule has 0 fully saturated rings. The number of nitrogens with zero attached hydrogens (tertiary/aromatic N) is 7. The van der Waals surface area contributed by atoms with Gasteiger partial charge in [-0.15, -0.1) is 0 Å². The summed E-state index contributed by atoms with van der Waals surface area (Å²) in [5.74, 6) is 1.47. The molecule has 4 amide bonds. The summed E-state index contributed by atoms with van der Waals surface area (Å²) < 4.78 is 29.4. The molecule has 0 radical (unpaired) electrons. The number of carbonyl (C=O) groups excluding carboxylic acids is 5. The first-order chi connectivity index (χ1) is 50.1. The molecule has 0 spiro atoms. The molecule has 0 saturated carbocycles. The van der Waals surface area contributed by atoms with Crippen molar-refractivity contribution in [3.05, 3.63) is 233 Å². The quantitative estimate of drug-likeness (QED) is 0.0301. The number of unbranched alkanes of at least 4 members (excludes halogenated alkanes) is 5. The number of aryl methyl sites for hydroxylation is 1. The number of pyridine rings is 4. The average molecular weight is 1430 g/mol. The van der Waals surface area contributed by atoms with Gasteiger partial charge in [-0.3, -0.25) is 38.9 Å². The Kier molecular flexibility index (Phi) is 37.8. The van der Waals surface area contributed by atoms with Gasteiger partial charge in [0, 0.05) is 90.6 Å². The second kappa shape index (κ2) is 47.0. The summed E-state index contributed by atoms with van der Waals surface area (Å²) in [4.78, 5) is 90.4. The molecule has 105 heavy (non-hydrogen) atoms. The monoisotopic (exact) mass is 1430 g/mol. The van der Waals surface area contributed by atoms with E-state index in [9.17, 15) is 24.0 Å². The molecule has 20 heteroatoms. The van der Waals surface area contributed by atoms with Crippen LogP contribution in [0.3, 0.4) is 0 Å². The highest BCUT2D eigenvalue weighted by Crippen LogP contribution is 2.26. The Morgan fingerprint density at radius 1 is 0.448 bits per heavy atom. The largest absolute Gasteiger partial charge is 0.494 e. The standard InChI is InChI=1S/C83H104N10O10.2CH4/c1-6-8-11-31-79(95)89-77-29-21-27-73(87-77)60-91(58-71-25-15-17-43-84-71)55-67-51-68(56-92(59-72-26-16-18-44-85-72)61-74-28-22-30-78(88-74)90-80(96)32-12-9-7-2)53-76(52-67)102-46-20-19-45-93(57-66-37-40-70(41-38-66)69-23-13-10-14-24-69)81(97)63-101-50-48-99-47-49-100-62-75(94)42-39-64-33-35-65(36-34-64)54-86-82(98)103-83(3,4)5;;/h10,13-18,21-30,33-38,40-41,43-44,51-53H,6-9,11-12,19-20,31-32,39,42,45-50,54-63H2,1-5H3,(H,86,98)(H,87,89,95)(H,88,90,96);2*1H4. The van der Waals surface area contributed by atoms with E-state index in [0.717, 1.165) is 100 Å². The summed E-state index contributed by atoms with van der Waals surface area (Å²) in [6, 6.07) is 56.0. The van der Waals surface area contributed by atoms with Crippen LogP contribution in [-0.2, 0) is 96.9 Å². The third kappa shape index (κ3) is 33.4. The van der Waals surface area contributed by atoms with Crippen LogP contribution in [0.25, 0.3) is 11.1 Å². The average Bonchev–Trinajstić information content (AvgIpc) is 0.843. The Morgan fingerprint density at radius 2 is 0.952 bits per heavy atom. The Bertz CT molecular complexity index is 3690. The van der Waals surface area contributed by atoms with Crippen LogP contribution in [-0.4, -0.2) is 123 Å². The molecule has 20 nitrogen and oxygen atoms in total. The lowest BCUT2D eigenvalue weighted by Crippen LogP contribution is -2.35. The van der Waals surface area contributed by atoms with Gasteiger partial charge in [0.25, 0.3) is 0 Å². The van der Waals surface area contributed by atoms with Crippen LogP contribution in [0.1, 0.15) is 171 Å². The van der Waals surface area contributed by atoms with E-state index in [1.54, 1.807) is 12.4 Å². The predicted molar refractivity (Wildman–Crippen MR) is 416 cm³/mol. The van der Waals surface area contributed by atoms with E-state index in [1.807, 2.05) is 141 Å². The summed E-state index contributed by atoms with van der Waals surface area (Å²) in [5, 5.41) is 8.79. The second-order valence-corrected chi connectivity index (χ2v) is 26.8. The Morgan fingerprint density at radius 3 is 1.50 bits per heavy atom. The fourth-order valence-corrected chi connectivity index (χ4v) is 11.5. The molecule has 562 valence electrons. The van der Waals surface area contributed by atoms with Crippen molar-refractivity contribution >= 4 is 41.2 Å². The van der Waals surface area contributed by atoms with E-state index in [2.05, 4.69) is 94.2 Å². The van der Waals surface area contributed by atoms with Gasteiger partial charge >= 0.3 is 6.09 Å². The minimum absolute atomic E-state index is 0. The lowest BCUT2D eigenvalue weighted by Gasteiger charge is -2.25. The number of aromatic nitrogens is 4. The number of carbonyl (C=O) groups is 5. The molecule has 0 bridgehead atoms. The van der Waals surface area contributed by atoms with Gasteiger partial charge in [0.1, 0.15) is 36.2 Å². The third-order valence-corrected chi connectivity index (χ3v) is 16.7. The summed E-state index contributed by atoms with van der Waals surface area (Å²) in [6.45, 7) is 15.1. The molecule has 0 aliphatic rings. The first kappa shape index (κ1) is 84.4. The molecular formula is C85H112N10O10. The van der Waals surface area contributed by atoms with Crippen LogP contribution < -0.4 is 20.7 Å². The van der Waals surface area contributed by atoms with Crippen LogP contribution in [0.2, 0.25) is 0 Å². The third-order valence-electron chi connectivity index (χ3n) is 16.7.